The first kappa shape index (κ1) is 30.9. The molecule has 0 radical (unpaired) electrons. The number of carbonyl (C=O) groups is 2. The van der Waals surface area contributed by atoms with E-state index in [0.29, 0.717) is 25.9 Å². The summed E-state index contributed by atoms with van der Waals surface area (Å²) in [5, 5.41) is 16.7. The number of nitrogens with zero attached hydrogens (tertiary/aromatic N) is 1. The number of likely N-dealkylation sites (tertiary alicyclic amines) is 1. The molecule has 2 heterocycles. The Bertz CT molecular complexity index is 1430. The molecule has 5 rings (SSSR count). The third-order valence-electron chi connectivity index (χ3n) is 8.95. The van der Waals surface area contributed by atoms with E-state index in [-0.39, 0.29) is 47.8 Å². The van der Waals surface area contributed by atoms with Gasteiger partial charge in [-0.15, -0.1) is 0 Å². The van der Waals surface area contributed by atoms with Gasteiger partial charge in [-0.2, -0.15) is 0 Å². The van der Waals surface area contributed by atoms with Gasteiger partial charge in [-0.1, -0.05) is 29.8 Å². The fourth-order valence-electron chi connectivity index (χ4n) is 6.34. The zero-order chi connectivity index (χ0) is 31.0. The molecule has 2 aromatic carbocycles. The number of halogens is 2. The highest BCUT2D eigenvalue weighted by Gasteiger charge is 2.49. The molecular formula is C34H41F2N3O4. The number of hydrogen-bond donors (Lipinski definition) is 3. The van der Waals surface area contributed by atoms with Gasteiger partial charge in [-0.25, -0.2) is 8.78 Å². The Morgan fingerprint density at radius 1 is 1.09 bits per heavy atom. The maximum atomic E-state index is 14.4. The van der Waals surface area contributed by atoms with Crippen LogP contribution in [0.1, 0.15) is 69.6 Å². The monoisotopic (exact) mass is 593 g/mol. The predicted molar refractivity (Wildman–Crippen MR) is 161 cm³/mol. The summed E-state index contributed by atoms with van der Waals surface area (Å²) < 4.78 is 33.5. The fourth-order valence-corrected chi connectivity index (χ4v) is 6.34. The average Bonchev–Trinajstić information content (AvgIpc) is 2.91. The second kappa shape index (κ2) is 11.8. The van der Waals surface area contributed by atoms with Crippen LogP contribution in [0.3, 0.4) is 0 Å². The Labute approximate surface area is 252 Å². The number of amides is 2. The van der Waals surface area contributed by atoms with Gasteiger partial charge in [0.25, 0.3) is 5.91 Å². The van der Waals surface area contributed by atoms with Crippen LogP contribution in [0.25, 0.3) is 5.76 Å². The van der Waals surface area contributed by atoms with E-state index in [4.69, 9.17) is 4.74 Å². The molecule has 1 aliphatic carbocycles. The van der Waals surface area contributed by atoms with Gasteiger partial charge in [0.05, 0.1) is 28.7 Å². The SMILES string of the molecule is Cc1ccc(C(C)(C)NC(=O)CC2(NC(=O)C3=CCOC(c4ccc(F)cc4F)=C3)CN(C3CCC(C)(O)CC3)C2)cc1. The lowest BCUT2D eigenvalue weighted by Gasteiger charge is -2.55. The molecule has 1 saturated carbocycles. The van der Waals surface area contributed by atoms with Crippen LogP contribution in [-0.4, -0.2) is 58.7 Å². The standard InChI is InChI=1S/C34H41F2N3O4/c1-22-5-7-24(8-6-22)32(2,3)37-30(40)19-34(20-39(21-34)26-11-14-33(4,42)15-12-26)38-31(41)23-13-16-43-29(17-23)27-10-9-25(35)18-28(27)36/h5-10,13,17-18,26,42H,11-12,14-16,19-21H2,1-4H3,(H,37,40)(H,38,41). The first-order chi connectivity index (χ1) is 20.2. The number of hydrogen-bond acceptors (Lipinski definition) is 5. The lowest BCUT2D eigenvalue weighted by molar-refractivity contribution is -0.131. The maximum Gasteiger partial charge on any atom is 0.251 e. The summed E-state index contributed by atoms with van der Waals surface area (Å²) in [4.78, 5) is 29.4. The van der Waals surface area contributed by atoms with Crippen molar-refractivity contribution in [1.29, 1.82) is 0 Å². The van der Waals surface area contributed by atoms with E-state index in [1.165, 1.54) is 12.1 Å². The van der Waals surface area contributed by atoms with E-state index in [0.717, 1.165) is 36.1 Å². The molecule has 0 bridgehead atoms. The van der Waals surface area contributed by atoms with Crippen molar-refractivity contribution in [3.8, 4) is 0 Å². The molecule has 0 aromatic heterocycles. The van der Waals surface area contributed by atoms with Crippen LogP contribution in [0.15, 0.2) is 60.2 Å². The van der Waals surface area contributed by atoms with E-state index in [1.807, 2.05) is 52.0 Å². The first-order valence-corrected chi connectivity index (χ1v) is 14.9. The molecule has 0 unspecified atom stereocenters. The van der Waals surface area contributed by atoms with Gasteiger partial charge in [-0.3, -0.25) is 14.5 Å². The highest BCUT2D eigenvalue weighted by molar-refractivity contribution is 5.99. The predicted octanol–water partition coefficient (Wildman–Crippen LogP) is 4.88. The fraction of sp³-hybridized carbons (Fsp3) is 0.471. The quantitative estimate of drug-likeness (QED) is 0.406. The van der Waals surface area contributed by atoms with Crippen LogP contribution in [0.2, 0.25) is 0 Å². The number of aryl methyl sites for hydroxylation is 1. The summed E-state index contributed by atoms with van der Waals surface area (Å²) in [5.41, 5.74) is 0.387. The van der Waals surface area contributed by atoms with E-state index >= 15 is 0 Å². The molecule has 0 spiro atoms. The number of aliphatic hydroxyl groups is 1. The lowest BCUT2D eigenvalue weighted by atomic mass is 9.78. The number of carbonyl (C=O) groups excluding carboxylic acids is 2. The van der Waals surface area contributed by atoms with E-state index in [1.54, 1.807) is 6.08 Å². The molecule has 9 heteroatoms. The second-order valence-corrected chi connectivity index (χ2v) is 13.2. The van der Waals surface area contributed by atoms with E-state index in [2.05, 4.69) is 15.5 Å². The van der Waals surface area contributed by atoms with Gasteiger partial charge < -0.3 is 20.5 Å². The number of ether oxygens (including phenoxy) is 1. The van der Waals surface area contributed by atoms with Crippen molar-refractivity contribution in [2.75, 3.05) is 19.7 Å². The Morgan fingerprint density at radius 2 is 1.77 bits per heavy atom. The van der Waals surface area contributed by atoms with Gasteiger partial charge in [0.15, 0.2) is 0 Å². The Morgan fingerprint density at radius 3 is 2.42 bits per heavy atom. The van der Waals surface area contributed by atoms with Crippen LogP contribution in [-0.2, 0) is 19.9 Å². The Hall–Kier alpha value is -3.56. The van der Waals surface area contributed by atoms with Gasteiger partial charge in [0, 0.05) is 30.8 Å². The molecule has 0 atom stereocenters. The van der Waals surface area contributed by atoms with Gasteiger partial charge in [0.1, 0.15) is 24.0 Å². The smallest absolute Gasteiger partial charge is 0.251 e. The van der Waals surface area contributed by atoms with Crippen molar-refractivity contribution < 1.29 is 28.2 Å². The zero-order valence-electron chi connectivity index (χ0n) is 25.3. The molecule has 2 aliphatic heterocycles. The molecule has 2 fully saturated rings. The van der Waals surface area contributed by atoms with Crippen LogP contribution in [0.4, 0.5) is 8.78 Å². The molecule has 3 aliphatic rings. The normalized spacial score (nSPS) is 23.7. The summed E-state index contributed by atoms with van der Waals surface area (Å²) in [6.45, 7) is 8.83. The van der Waals surface area contributed by atoms with Crippen molar-refractivity contribution in [3.05, 3.63) is 88.5 Å². The highest BCUT2D eigenvalue weighted by atomic mass is 19.1. The number of nitrogens with one attached hydrogen (secondary N) is 2. The molecule has 2 amide bonds. The van der Waals surface area contributed by atoms with Gasteiger partial charge in [0.2, 0.25) is 5.91 Å². The average molecular weight is 594 g/mol. The maximum absolute atomic E-state index is 14.4. The minimum Gasteiger partial charge on any atom is -0.489 e. The largest absolute Gasteiger partial charge is 0.489 e. The first-order valence-electron chi connectivity index (χ1n) is 14.9. The van der Waals surface area contributed by atoms with Crippen molar-refractivity contribution in [3.63, 3.8) is 0 Å². The summed E-state index contributed by atoms with van der Waals surface area (Å²) in [5.74, 6) is -1.91. The van der Waals surface area contributed by atoms with Crippen molar-refractivity contribution in [1.82, 2.24) is 15.5 Å². The minimum absolute atomic E-state index is 0.0533. The second-order valence-electron chi connectivity index (χ2n) is 13.2. The van der Waals surface area contributed by atoms with Crippen LogP contribution < -0.4 is 10.6 Å². The zero-order valence-corrected chi connectivity index (χ0v) is 25.3. The summed E-state index contributed by atoms with van der Waals surface area (Å²) in [6, 6.07) is 11.5. The molecule has 43 heavy (non-hydrogen) atoms. The van der Waals surface area contributed by atoms with Crippen molar-refractivity contribution >= 4 is 17.6 Å². The summed E-state index contributed by atoms with van der Waals surface area (Å²) in [6.07, 6.45) is 6.25. The molecule has 3 N–H and O–H groups in total. The number of benzene rings is 2. The van der Waals surface area contributed by atoms with Crippen LogP contribution in [0, 0.1) is 18.6 Å². The van der Waals surface area contributed by atoms with E-state index in [9.17, 15) is 23.5 Å². The van der Waals surface area contributed by atoms with E-state index < -0.39 is 28.3 Å². The van der Waals surface area contributed by atoms with Gasteiger partial charge in [-0.05, 0) is 83.2 Å². The van der Waals surface area contributed by atoms with Crippen molar-refractivity contribution in [2.24, 2.45) is 0 Å². The Balaban J connectivity index is 1.32. The molecule has 1 saturated heterocycles. The van der Waals surface area contributed by atoms with Gasteiger partial charge >= 0.3 is 0 Å². The van der Waals surface area contributed by atoms with Crippen LogP contribution >= 0.6 is 0 Å². The third-order valence-corrected chi connectivity index (χ3v) is 8.95. The van der Waals surface area contributed by atoms with Crippen LogP contribution in [0.5, 0.6) is 0 Å². The highest BCUT2D eigenvalue weighted by Crippen LogP contribution is 2.37. The Kier molecular flexibility index (Phi) is 8.51. The molecular weight excluding hydrogens is 552 g/mol. The summed E-state index contributed by atoms with van der Waals surface area (Å²) >= 11 is 0. The topological polar surface area (TPSA) is 90.9 Å². The minimum atomic E-state index is -0.807. The van der Waals surface area contributed by atoms with Crippen molar-refractivity contribution in [2.45, 2.75) is 82.5 Å². The number of rotatable bonds is 8. The molecule has 2 aromatic rings. The summed E-state index contributed by atoms with van der Waals surface area (Å²) in [7, 11) is 0. The molecule has 230 valence electrons. The third kappa shape index (κ3) is 7.16. The lowest BCUT2D eigenvalue weighted by Crippen LogP contribution is -2.73. The molecule has 7 nitrogen and oxygen atoms in total.